The van der Waals surface area contributed by atoms with Gasteiger partial charge in [0.05, 0.1) is 10.2 Å². The highest BCUT2D eigenvalue weighted by Gasteiger charge is 2.16. The van der Waals surface area contributed by atoms with Crippen LogP contribution >= 0.6 is 23.4 Å². The van der Waals surface area contributed by atoms with Crippen molar-refractivity contribution in [3.63, 3.8) is 0 Å². The van der Waals surface area contributed by atoms with Crippen LogP contribution in [-0.4, -0.2) is 16.1 Å². The molecule has 0 aliphatic rings. The van der Waals surface area contributed by atoms with Gasteiger partial charge < -0.3 is 5.32 Å². The van der Waals surface area contributed by atoms with E-state index in [4.69, 9.17) is 11.6 Å². The van der Waals surface area contributed by atoms with Gasteiger partial charge >= 0.3 is 0 Å². The molecule has 0 unspecified atom stereocenters. The molecule has 0 aromatic heterocycles. The molecule has 1 N–H and O–H groups in total. The standard InChI is InChI=1S/C16H15ClN2O3S/c1-10-3-4-12(17)9-15(10)18-16(20)11(2)23-14-7-5-13(6-8-14)19(21)22/h3-9,11H,1-2H3,(H,18,20)/t11-/m1/s1. The zero-order valence-corrected chi connectivity index (χ0v) is 14.1. The van der Waals surface area contributed by atoms with Crippen LogP contribution in [-0.2, 0) is 4.79 Å². The monoisotopic (exact) mass is 350 g/mol. The van der Waals surface area contributed by atoms with Crippen molar-refractivity contribution in [2.24, 2.45) is 0 Å². The first-order valence-corrected chi connectivity index (χ1v) is 8.10. The Morgan fingerprint density at radius 3 is 2.52 bits per heavy atom. The molecule has 0 saturated carbocycles. The number of anilines is 1. The Bertz CT molecular complexity index is 735. The minimum atomic E-state index is -0.452. The van der Waals surface area contributed by atoms with Gasteiger partial charge in [-0.2, -0.15) is 0 Å². The molecule has 1 amide bonds. The van der Waals surface area contributed by atoms with Gasteiger partial charge in [0.2, 0.25) is 5.91 Å². The van der Waals surface area contributed by atoms with E-state index in [0.717, 1.165) is 10.5 Å². The van der Waals surface area contributed by atoms with Crippen molar-refractivity contribution in [3.05, 3.63) is 63.2 Å². The Morgan fingerprint density at radius 1 is 1.26 bits per heavy atom. The molecule has 2 aromatic rings. The van der Waals surface area contributed by atoms with Gasteiger partial charge in [0.15, 0.2) is 0 Å². The largest absolute Gasteiger partial charge is 0.325 e. The molecule has 120 valence electrons. The predicted octanol–water partition coefficient (Wildman–Crippen LogP) is 4.68. The quantitative estimate of drug-likeness (QED) is 0.483. The Hall–Kier alpha value is -2.05. The lowest BCUT2D eigenvalue weighted by molar-refractivity contribution is -0.384. The molecule has 0 heterocycles. The Kier molecular flexibility index (Phi) is 5.63. The second-order valence-electron chi connectivity index (χ2n) is 4.96. The van der Waals surface area contributed by atoms with Crippen LogP contribution in [0.4, 0.5) is 11.4 Å². The number of carbonyl (C=O) groups excluding carboxylic acids is 1. The van der Waals surface area contributed by atoms with Gasteiger partial charge in [0.25, 0.3) is 5.69 Å². The van der Waals surface area contributed by atoms with Crippen molar-refractivity contribution in [1.82, 2.24) is 0 Å². The number of aryl methyl sites for hydroxylation is 1. The number of hydrogen-bond donors (Lipinski definition) is 1. The van der Waals surface area contributed by atoms with E-state index in [1.54, 1.807) is 31.2 Å². The van der Waals surface area contributed by atoms with Gasteiger partial charge in [-0.3, -0.25) is 14.9 Å². The summed E-state index contributed by atoms with van der Waals surface area (Å²) in [5, 5.41) is 13.7. The summed E-state index contributed by atoms with van der Waals surface area (Å²) in [6.07, 6.45) is 0. The molecule has 0 aliphatic heterocycles. The smallest absolute Gasteiger partial charge is 0.269 e. The summed E-state index contributed by atoms with van der Waals surface area (Å²) < 4.78 is 0. The van der Waals surface area contributed by atoms with Gasteiger partial charge in [-0.1, -0.05) is 17.7 Å². The number of nitrogens with one attached hydrogen (secondary N) is 1. The maximum atomic E-state index is 12.3. The molecule has 5 nitrogen and oxygen atoms in total. The van der Waals surface area contributed by atoms with Gasteiger partial charge in [0.1, 0.15) is 0 Å². The third kappa shape index (κ3) is 4.71. The van der Waals surface area contributed by atoms with Gasteiger partial charge in [-0.15, -0.1) is 11.8 Å². The van der Waals surface area contributed by atoms with Crippen molar-refractivity contribution >= 4 is 40.6 Å². The number of rotatable bonds is 5. The Morgan fingerprint density at radius 2 is 1.91 bits per heavy atom. The summed E-state index contributed by atoms with van der Waals surface area (Å²) in [5.74, 6) is -0.154. The summed E-state index contributed by atoms with van der Waals surface area (Å²) in [7, 11) is 0. The number of hydrogen-bond acceptors (Lipinski definition) is 4. The van der Waals surface area contributed by atoms with E-state index < -0.39 is 4.92 Å². The summed E-state index contributed by atoms with van der Waals surface area (Å²) in [6, 6.07) is 11.4. The van der Waals surface area contributed by atoms with Crippen LogP contribution in [0.25, 0.3) is 0 Å². The average Bonchev–Trinajstić information content (AvgIpc) is 2.51. The molecule has 0 fully saturated rings. The van der Waals surface area contributed by atoms with E-state index in [0.29, 0.717) is 10.7 Å². The molecule has 1 atom stereocenters. The summed E-state index contributed by atoms with van der Waals surface area (Å²) >= 11 is 7.27. The Labute approximate surface area is 143 Å². The van der Waals surface area contributed by atoms with Crippen molar-refractivity contribution in [2.75, 3.05) is 5.32 Å². The topological polar surface area (TPSA) is 72.2 Å². The number of thioether (sulfide) groups is 1. The van der Waals surface area contributed by atoms with Crippen LogP contribution in [0.1, 0.15) is 12.5 Å². The van der Waals surface area contributed by atoms with Gasteiger partial charge in [-0.05, 0) is 43.7 Å². The van der Waals surface area contributed by atoms with Gasteiger partial charge in [0, 0.05) is 27.7 Å². The zero-order chi connectivity index (χ0) is 17.0. The second kappa shape index (κ2) is 7.48. The van der Waals surface area contributed by atoms with Crippen molar-refractivity contribution in [2.45, 2.75) is 24.0 Å². The highest BCUT2D eigenvalue weighted by molar-refractivity contribution is 8.00. The van der Waals surface area contributed by atoms with Gasteiger partial charge in [-0.25, -0.2) is 0 Å². The molecule has 2 aromatic carbocycles. The SMILES string of the molecule is Cc1ccc(Cl)cc1NC(=O)[C@@H](C)Sc1ccc([N+](=O)[O-])cc1. The highest BCUT2D eigenvalue weighted by Crippen LogP contribution is 2.27. The number of nitro groups is 1. The molecule has 2 rings (SSSR count). The average molecular weight is 351 g/mol. The van der Waals surface area contributed by atoms with Crippen LogP contribution in [0, 0.1) is 17.0 Å². The minimum absolute atomic E-state index is 0.0287. The van der Waals surface area contributed by atoms with Crippen molar-refractivity contribution in [3.8, 4) is 0 Å². The molecule has 7 heteroatoms. The lowest BCUT2D eigenvalue weighted by Gasteiger charge is -2.13. The van der Waals surface area contributed by atoms with E-state index in [-0.39, 0.29) is 16.8 Å². The summed E-state index contributed by atoms with van der Waals surface area (Å²) in [4.78, 5) is 23.2. The van der Waals surface area contributed by atoms with Crippen LogP contribution in [0.5, 0.6) is 0 Å². The van der Waals surface area contributed by atoms with Crippen LogP contribution < -0.4 is 5.32 Å². The molecular formula is C16H15ClN2O3S. The second-order valence-corrected chi connectivity index (χ2v) is 6.81. The molecule has 0 radical (unpaired) electrons. The maximum absolute atomic E-state index is 12.3. The number of nitrogens with zero attached hydrogens (tertiary/aromatic N) is 1. The fourth-order valence-corrected chi connectivity index (χ4v) is 2.91. The molecular weight excluding hydrogens is 336 g/mol. The molecule has 0 aliphatic carbocycles. The highest BCUT2D eigenvalue weighted by atomic mass is 35.5. The first-order chi connectivity index (χ1) is 10.9. The normalized spacial score (nSPS) is 11.8. The predicted molar refractivity (Wildman–Crippen MR) is 93.2 cm³/mol. The van der Waals surface area contributed by atoms with E-state index in [1.165, 1.54) is 23.9 Å². The first kappa shape index (κ1) is 17.3. The third-order valence-corrected chi connectivity index (χ3v) is 4.53. The Balaban J connectivity index is 2.02. The first-order valence-electron chi connectivity index (χ1n) is 6.85. The van der Waals surface area contributed by atoms with Crippen LogP contribution in [0.15, 0.2) is 47.4 Å². The van der Waals surface area contributed by atoms with Crippen LogP contribution in [0.3, 0.4) is 0 Å². The minimum Gasteiger partial charge on any atom is -0.325 e. The van der Waals surface area contributed by atoms with E-state index in [2.05, 4.69) is 5.32 Å². The lowest BCUT2D eigenvalue weighted by Crippen LogP contribution is -2.22. The maximum Gasteiger partial charge on any atom is 0.269 e. The van der Waals surface area contributed by atoms with Crippen molar-refractivity contribution in [1.29, 1.82) is 0 Å². The number of halogens is 1. The zero-order valence-electron chi connectivity index (χ0n) is 12.6. The van der Waals surface area contributed by atoms with E-state index in [9.17, 15) is 14.9 Å². The summed E-state index contributed by atoms with van der Waals surface area (Å²) in [6.45, 7) is 3.67. The molecule has 23 heavy (non-hydrogen) atoms. The number of non-ortho nitro benzene ring substituents is 1. The molecule has 0 spiro atoms. The lowest BCUT2D eigenvalue weighted by atomic mass is 10.2. The van der Waals surface area contributed by atoms with Crippen LogP contribution in [0.2, 0.25) is 5.02 Å². The third-order valence-electron chi connectivity index (χ3n) is 3.19. The summed E-state index contributed by atoms with van der Waals surface area (Å²) in [5.41, 5.74) is 1.63. The van der Waals surface area contributed by atoms with Crippen molar-refractivity contribution < 1.29 is 9.72 Å². The number of amides is 1. The van der Waals surface area contributed by atoms with E-state index >= 15 is 0 Å². The molecule has 0 bridgehead atoms. The fourth-order valence-electron chi connectivity index (χ4n) is 1.87. The number of benzene rings is 2. The number of nitro benzene ring substituents is 1. The fraction of sp³-hybridized carbons (Fsp3) is 0.188. The molecule has 0 saturated heterocycles. The van der Waals surface area contributed by atoms with E-state index in [1.807, 2.05) is 13.0 Å². The number of carbonyl (C=O) groups is 1.